The molecule has 10 heteroatoms. The zero-order valence-electron chi connectivity index (χ0n) is 23.0. The van der Waals surface area contributed by atoms with Crippen LogP contribution in [0.3, 0.4) is 0 Å². The van der Waals surface area contributed by atoms with Crippen LogP contribution in [0.2, 0.25) is 0 Å². The fraction of sp³-hybridized carbons (Fsp3) is 0.400. The van der Waals surface area contributed by atoms with E-state index in [9.17, 15) is 4.79 Å². The molecule has 2 aliphatic rings. The van der Waals surface area contributed by atoms with Crippen LogP contribution in [0.15, 0.2) is 54.9 Å². The first-order valence-electron chi connectivity index (χ1n) is 14.1. The average Bonchev–Trinajstić information content (AvgIpc) is 3.67. The number of aryl methyl sites for hydroxylation is 1. The number of anilines is 3. The van der Waals surface area contributed by atoms with Crippen LogP contribution < -0.4 is 15.5 Å². The van der Waals surface area contributed by atoms with Gasteiger partial charge in [-0.1, -0.05) is 6.07 Å². The molecule has 2 aliphatic heterocycles. The number of morpholine rings is 1. The summed E-state index contributed by atoms with van der Waals surface area (Å²) >= 11 is 0. The highest BCUT2D eigenvalue weighted by Crippen LogP contribution is 2.28. The number of amides is 1. The van der Waals surface area contributed by atoms with Gasteiger partial charge in [-0.25, -0.2) is 9.97 Å². The van der Waals surface area contributed by atoms with Crippen LogP contribution in [-0.4, -0.2) is 83.3 Å². The number of carbonyl (C=O) groups excluding carboxylic acids is 1. The molecule has 1 amide bonds. The Labute approximate surface area is 234 Å². The van der Waals surface area contributed by atoms with E-state index in [1.807, 2.05) is 24.5 Å². The highest BCUT2D eigenvalue weighted by atomic mass is 16.5. The van der Waals surface area contributed by atoms with E-state index in [1.165, 1.54) is 25.9 Å². The maximum atomic E-state index is 11.9. The zero-order valence-corrected chi connectivity index (χ0v) is 23.0. The summed E-state index contributed by atoms with van der Waals surface area (Å²) in [6, 6.07) is 15.7. The zero-order chi connectivity index (χ0) is 27.3. The van der Waals surface area contributed by atoms with Crippen molar-refractivity contribution in [1.29, 1.82) is 0 Å². The average molecular weight is 541 g/mol. The summed E-state index contributed by atoms with van der Waals surface area (Å²) < 4.78 is 7.80. The van der Waals surface area contributed by atoms with Crippen molar-refractivity contribution in [1.82, 2.24) is 29.7 Å². The normalized spacial score (nSPS) is 16.0. The molecule has 4 aromatic rings. The molecule has 0 bridgehead atoms. The number of likely N-dealkylation sites (tertiary alicyclic amines) is 1. The van der Waals surface area contributed by atoms with Crippen LogP contribution in [0.4, 0.5) is 17.5 Å². The van der Waals surface area contributed by atoms with Crippen LogP contribution >= 0.6 is 0 Å². The Morgan fingerprint density at radius 2 is 1.75 bits per heavy atom. The molecule has 208 valence electrons. The van der Waals surface area contributed by atoms with E-state index in [2.05, 4.69) is 43.2 Å². The molecule has 0 aliphatic carbocycles. The van der Waals surface area contributed by atoms with Gasteiger partial charge in [0.05, 0.1) is 36.3 Å². The van der Waals surface area contributed by atoms with E-state index in [0.717, 1.165) is 60.6 Å². The highest BCUT2D eigenvalue weighted by molar-refractivity contribution is 5.94. The van der Waals surface area contributed by atoms with Crippen molar-refractivity contribution in [2.45, 2.75) is 25.8 Å². The first kappa shape index (κ1) is 26.2. The second kappa shape index (κ2) is 12.0. The summed E-state index contributed by atoms with van der Waals surface area (Å²) in [5.41, 5.74) is 5.37. The smallest absolute Gasteiger partial charge is 0.251 e. The van der Waals surface area contributed by atoms with Crippen molar-refractivity contribution in [2.24, 2.45) is 0 Å². The Bertz CT molecular complexity index is 1460. The summed E-state index contributed by atoms with van der Waals surface area (Å²) in [5, 5.41) is 6.05. The molecule has 0 radical (unpaired) electrons. The minimum atomic E-state index is -0.116. The molecule has 6 rings (SSSR count). The summed E-state index contributed by atoms with van der Waals surface area (Å²) in [5.74, 6) is 1.24. The predicted octanol–water partition coefficient (Wildman–Crippen LogP) is 3.92. The third-order valence-electron chi connectivity index (χ3n) is 7.64. The number of nitrogens with zero attached hydrogens (tertiary/aromatic N) is 6. The van der Waals surface area contributed by atoms with Gasteiger partial charge in [0.15, 0.2) is 0 Å². The van der Waals surface area contributed by atoms with Gasteiger partial charge >= 0.3 is 0 Å². The number of ether oxygens (including phenoxy) is 1. The van der Waals surface area contributed by atoms with E-state index in [-0.39, 0.29) is 5.91 Å². The van der Waals surface area contributed by atoms with Crippen molar-refractivity contribution in [3.63, 3.8) is 0 Å². The van der Waals surface area contributed by atoms with Crippen LogP contribution in [0.25, 0.3) is 22.3 Å². The van der Waals surface area contributed by atoms with Crippen LogP contribution in [-0.2, 0) is 11.3 Å². The number of rotatable bonds is 9. The Balaban J connectivity index is 1.25. The number of hydrogen-bond acceptors (Lipinski definition) is 8. The van der Waals surface area contributed by atoms with Gasteiger partial charge in [-0.05, 0) is 75.3 Å². The van der Waals surface area contributed by atoms with Gasteiger partial charge in [0.25, 0.3) is 5.91 Å². The van der Waals surface area contributed by atoms with Crippen LogP contribution in [0, 0.1) is 0 Å². The molecular weight excluding hydrogens is 504 g/mol. The number of benzene rings is 2. The van der Waals surface area contributed by atoms with E-state index in [1.54, 1.807) is 19.2 Å². The Kier molecular flexibility index (Phi) is 7.87. The van der Waals surface area contributed by atoms with Gasteiger partial charge < -0.3 is 29.7 Å². The lowest BCUT2D eigenvalue weighted by atomic mass is 10.1. The lowest BCUT2D eigenvalue weighted by molar-refractivity contribution is 0.0963. The number of aromatic nitrogens is 4. The number of carbonyl (C=O) groups is 1. The molecule has 2 fully saturated rings. The molecule has 2 aromatic heterocycles. The number of fused-ring (bicyclic) bond motifs is 1. The van der Waals surface area contributed by atoms with Crippen molar-refractivity contribution in [2.75, 3.05) is 63.2 Å². The highest BCUT2D eigenvalue weighted by Gasteiger charge is 2.18. The first-order valence-corrected chi connectivity index (χ1v) is 14.1. The molecule has 4 heterocycles. The summed E-state index contributed by atoms with van der Waals surface area (Å²) in [4.78, 5) is 31.1. The van der Waals surface area contributed by atoms with E-state index < -0.39 is 0 Å². The maximum absolute atomic E-state index is 11.9. The molecule has 0 unspecified atom stereocenters. The molecule has 40 heavy (non-hydrogen) atoms. The van der Waals surface area contributed by atoms with Gasteiger partial charge in [-0.15, -0.1) is 0 Å². The fourth-order valence-electron chi connectivity index (χ4n) is 5.42. The number of hydrogen-bond donors (Lipinski definition) is 2. The lowest BCUT2D eigenvalue weighted by Gasteiger charge is -2.27. The summed E-state index contributed by atoms with van der Waals surface area (Å²) in [7, 11) is 1.63. The lowest BCUT2D eigenvalue weighted by Crippen LogP contribution is -2.37. The quantitative estimate of drug-likeness (QED) is 0.330. The van der Waals surface area contributed by atoms with Crippen LogP contribution in [0.1, 0.15) is 29.6 Å². The third kappa shape index (κ3) is 5.93. The van der Waals surface area contributed by atoms with Gasteiger partial charge in [0, 0.05) is 49.6 Å². The van der Waals surface area contributed by atoms with E-state index in [0.29, 0.717) is 30.5 Å². The van der Waals surface area contributed by atoms with Crippen LogP contribution in [0.5, 0.6) is 0 Å². The minimum absolute atomic E-state index is 0.116. The molecule has 2 N–H and O–H groups in total. The van der Waals surface area contributed by atoms with Gasteiger partial charge in [-0.2, -0.15) is 4.98 Å². The second-order valence-corrected chi connectivity index (χ2v) is 10.4. The minimum Gasteiger partial charge on any atom is -0.378 e. The fourth-order valence-corrected chi connectivity index (χ4v) is 5.42. The summed E-state index contributed by atoms with van der Waals surface area (Å²) in [6.45, 7) is 7.36. The SMILES string of the molecule is CNC(=O)c1ccc(Nc2cc(-c3ccc4c(c3)ncn4CCCN3CCCC3)nc(N3CCOCC3)n2)cc1. The Morgan fingerprint density at radius 1 is 0.950 bits per heavy atom. The third-order valence-corrected chi connectivity index (χ3v) is 7.64. The molecular formula is C30H36N8O2. The van der Waals surface area contributed by atoms with Gasteiger partial charge in [0.2, 0.25) is 5.95 Å². The topological polar surface area (TPSA) is 100 Å². The standard InChI is InChI=1S/C30H36N8O2/c1-31-29(39)22-5-8-24(9-6-22)33-28-20-25(34-30(35-28)37-15-17-40-18-16-37)23-7-10-27-26(19-23)32-21-38(27)14-4-13-36-11-2-3-12-36/h5-10,19-21H,2-4,11-18H2,1H3,(H,31,39)(H,33,34,35). The van der Waals surface area contributed by atoms with Crippen molar-refractivity contribution in [3.8, 4) is 11.3 Å². The summed E-state index contributed by atoms with van der Waals surface area (Å²) in [6.07, 6.45) is 5.73. The Morgan fingerprint density at radius 3 is 2.52 bits per heavy atom. The van der Waals surface area contributed by atoms with Crippen molar-refractivity contribution >= 4 is 34.4 Å². The van der Waals surface area contributed by atoms with Crippen molar-refractivity contribution < 1.29 is 9.53 Å². The largest absolute Gasteiger partial charge is 0.378 e. The molecule has 2 saturated heterocycles. The second-order valence-electron chi connectivity index (χ2n) is 10.4. The van der Waals surface area contributed by atoms with Gasteiger partial charge in [0.1, 0.15) is 5.82 Å². The molecule has 2 aromatic carbocycles. The monoisotopic (exact) mass is 540 g/mol. The van der Waals surface area contributed by atoms with Gasteiger partial charge in [-0.3, -0.25) is 4.79 Å². The molecule has 10 nitrogen and oxygen atoms in total. The van der Waals surface area contributed by atoms with E-state index in [4.69, 9.17) is 19.7 Å². The predicted molar refractivity (Wildman–Crippen MR) is 157 cm³/mol. The molecule has 0 saturated carbocycles. The number of imidazole rings is 1. The van der Waals surface area contributed by atoms with E-state index >= 15 is 0 Å². The molecule has 0 spiro atoms. The molecule has 0 atom stereocenters. The Hall–Kier alpha value is -4.02. The number of nitrogens with one attached hydrogen (secondary N) is 2. The maximum Gasteiger partial charge on any atom is 0.251 e. The van der Waals surface area contributed by atoms with Crippen molar-refractivity contribution in [3.05, 3.63) is 60.4 Å². The first-order chi connectivity index (χ1) is 19.7.